The third-order valence-corrected chi connectivity index (χ3v) is 4.40. The summed E-state index contributed by atoms with van der Waals surface area (Å²) in [5, 5.41) is 17.3. The molecule has 0 aliphatic carbocycles. The number of thiophene rings is 1. The molecule has 1 saturated heterocycles. The molecule has 2 heterocycles. The van der Waals surface area contributed by atoms with Gasteiger partial charge in [0.25, 0.3) is 0 Å². The van der Waals surface area contributed by atoms with Gasteiger partial charge in [-0.25, -0.2) is 0 Å². The monoisotopic (exact) mass is 268 g/mol. The van der Waals surface area contributed by atoms with E-state index in [1.165, 1.54) is 12.0 Å². The summed E-state index contributed by atoms with van der Waals surface area (Å²) >= 11 is 1.76. The van der Waals surface area contributed by atoms with Crippen molar-refractivity contribution in [1.29, 1.82) is 0 Å². The highest BCUT2D eigenvalue weighted by atomic mass is 32.1. The number of aliphatic hydroxyl groups is 1. The summed E-state index contributed by atoms with van der Waals surface area (Å²) in [6.07, 6.45) is 3.01. The van der Waals surface area contributed by atoms with Crippen LogP contribution in [-0.2, 0) is 0 Å². The second kappa shape index (κ2) is 7.24. The Kier molecular flexibility index (Phi) is 5.63. The maximum atomic E-state index is 9.44. The predicted molar refractivity (Wildman–Crippen MR) is 77.0 cm³/mol. The second-order valence-electron chi connectivity index (χ2n) is 5.16. The Morgan fingerprint density at radius 1 is 1.50 bits per heavy atom. The molecule has 1 atom stereocenters. The van der Waals surface area contributed by atoms with Crippen molar-refractivity contribution in [3.63, 3.8) is 0 Å². The van der Waals surface area contributed by atoms with Crippen LogP contribution >= 0.6 is 11.3 Å². The zero-order valence-corrected chi connectivity index (χ0v) is 12.0. The van der Waals surface area contributed by atoms with Gasteiger partial charge in [0.2, 0.25) is 0 Å². The lowest BCUT2D eigenvalue weighted by atomic mass is 10.1. The Morgan fingerprint density at radius 2 is 2.28 bits per heavy atom. The first kappa shape index (κ1) is 14.0. The van der Waals surface area contributed by atoms with Crippen LogP contribution in [0.25, 0.3) is 0 Å². The van der Waals surface area contributed by atoms with Gasteiger partial charge in [0, 0.05) is 19.1 Å². The lowest BCUT2D eigenvalue weighted by Gasteiger charge is -2.29. The van der Waals surface area contributed by atoms with Crippen molar-refractivity contribution in [2.75, 3.05) is 26.2 Å². The molecule has 0 bridgehead atoms. The summed E-state index contributed by atoms with van der Waals surface area (Å²) in [5.74, 6) is 0. The van der Waals surface area contributed by atoms with Crippen LogP contribution in [0.1, 0.15) is 37.8 Å². The Balaban J connectivity index is 1.56. The molecule has 1 unspecified atom stereocenters. The maximum Gasteiger partial charge on any atom is 0.0564 e. The summed E-state index contributed by atoms with van der Waals surface area (Å²) in [6, 6.07) is 2.65. The Bertz CT molecular complexity index is 321. The number of nitrogens with one attached hydrogen (secondary N) is 1. The maximum absolute atomic E-state index is 9.44. The second-order valence-corrected chi connectivity index (χ2v) is 5.94. The van der Waals surface area contributed by atoms with E-state index >= 15 is 0 Å². The molecule has 2 N–H and O–H groups in total. The van der Waals surface area contributed by atoms with Crippen LogP contribution in [0.4, 0.5) is 0 Å². The minimum Gasteiger partial charge on any atom is -0.393 e. The molecule has 3 nitrogen and oxygen atoms in total. The summed E-state index contributed by atoms with van der Waals surface area (Å²) in [5.41, 5.74) is 1.39. The normalized spacial score (nSPS) is 20.1. The fraction of sp³-hybridized carbons (Fsp3) is 0.714. The van der Waals surface area contributed by atoms with Crippen molar-refractivity contribution < 1.29 is 5.11 Å². The van der Waals surface area contributed by atoms with E-state index in [1.807, 2.05) is 0 Å². The van der Waals surface area contributed by atoms with Crippen LogP contribution in [-0.4, -0.2) is 42.3 Å². The van der Waals surface area contributed by atoms with E-state index in [4.69, 9.17) is 0 Å². The smallest absolute Gasteiger partial charge is 0.0564 e. The third-order valence-electron chi connectivity index (χ3n) is 3.70. The Hall–Kier alpha value is -0.420. The van der Waals surface area contributed by atoms with Crippen molar-refractivity contribution in [2.24, 2.45) is 0 Å². The van der Waals surface area contributed by atoms with Crippen molar-refractivity contribution in [3.05, 3.63) is 22.4 Å². The summed E-state index contributed by atoms with van der Waals surface area (Å²) in [4.78, 5) is 2.46. The van der Waals surface area contributed by atoms with Crippen LogP contribution < -0.4 is 5.32 Å². The molecule has 1 aromatic rings. The SMILES string of the molecule is CC(NCCCN1CCC(O)CC1)c1ccsc1. The number of nitrogens with zero attached hydrogens (tertiary/aromatic N) is 1. The van der Waals surface area contributed by atoms with E-state index < -0.39 is 0 Å². The molecule has 0 aromatic carbocycles. The van der Waals surface area contributed by atoms with Crippen LogP contribution in [0.5, 0.6) is 0 Å². The highest BCUT2D eigenvalue weighted by Crippen LogP contribution is 2.15. The van der Waals surface area contributed by atoms with E-state index in [0.29, 0.717) is 6.04 Å². The molecule has 1 aliphatic rings. The molecule has 0 spiro atoms. The first-order valence-electron chi connectivity index (χ1n) is 6.91. The standard InChI is InChI=1S/C14H24N2OS/c1-12(13-5-10-18-11-13)15-6-2-7-16-8-3-14(17)4-9-16/h5,10-12,14-15,17H,2-4,6-9H2,1H3. The number of hydrogen-bond donors (Lipinski definition) is 2. The quantitative estimate of drug-likeness (QED) is 0.777. The average molecular weight is 268 g/mol. The molecular formula is C14H24N2OS. The first-order chi connectivity index (χ1) is 8.75. The number of piperidine rings is 1. The zero-order chi connectivity index (χ0) is 12.8. The van der Waals surface area contributed by atoms with E-state index in [9.17, 15) is 5.11 Å². The highest BCUT2D eigenvalue weighted by molar-refractivity contribution is 7.07. The van der Waals surface area contributed by atoms with Gasteiger partial charge in [-0.15, -0.1) is 0 Å². The molecule has 4 heteroatoms. The third kappa shape index (κ3) is 4.35. The highest BCUT2D eigenvalue weighted by Gasteiger charge is 2.16. The molecule has 0 radical (unpaired) electrons. The lowest BCUT2D eigenvalue weighted by Crippen LogP contribution is -2.37. The molecule has 0 amide bonds. The van der Waals surface area contributed by atoms with E-state index in [-0.39, 0.29) is 6.10 Å². The molecular weight excluding hydrogens is 244 g/mol. The summed E-state index contributed by atoms with van der Waals surface area (Å²) in [7, 11) is 0. The van der Waals surface area contributed by atoms with E-state index in [1.54, 1.807) is 11.3 Å². The molecule has 102 valence electrons. The van der Waals surface area contributed by atoms with Crippen LogP contribution in [0.3, 0.4) is 0 Å². The van der Waals surface area contributed by atoms with Crippen molar-refractivity contribution in [3.8, 4) is 0 Å². The van der Waals surface area contributed by atoms with Crippen LogP contribution in [0.2, 0.25) is 0 Å². The molecule has 1 fully saturated rings. The van der Waals surface area contributed by atoms with Crippen LogP contribution in [0, 0.1) is 0 Å². The largest absolute Gasteiger partial charge is 0.393 e. The summed E-state index contributed by atoms with van der Waals surface area (Å²) < 4.78 is 0. The minimum absolute atomic E-state index is 0.0574. The van der Waals surface area contributed by atoms with Gasteiger partial charge in [0.05, 0.1) is 6.10 Å². The van der Waals surface area contributed by atoms with Gasteiger partial charge in [-0.3, -0.25) is 0 Å². The van der Waals surface area contributed by atoms with E-state index in [2.05, 4.69) is 34.0 Å². The van der Waals surface area contributed by atoms with Crippen molar-refractivity contribution in [2.45, 2.75) is 38.3 Å². The fourth-order valence-electron chi connectivity index (χ4n) is 2.40. The number of hydrogen-bond acceptors (Lipinski definition) is 4. The molecule has 18 heavy (non-hydrogen) atoms. The van der Waals surface area contributed by atoms with Gasteiger partial charge >= 0.3 is 0 Å². The molecule has 0 saturated carbocycles. The number of rotatable bonds is 6. The Labute approximate surface area is 114 Å². The van der Waals surface area contributed by atoms with Gasteiger partial charge in [0.1, 0.15) is 0 Å². The first-order valence-corrected chi connectivity index (χ1v) is 7.86. The number of aliphatic hydroxyl groups excluding tert-OH is 1. The molecule has 1 aliphatic heterocycles. The zero-order valence-electron chi connectivity index (χ0n) is 11.1. The number of likely N-dealkylation sites (tertiary alicyclic amines) is 1. The van der Waals surface area contributed by atoms with Gasteiger partial charge in [-0.1, -0.05) is 0 Å². The molecule has 2 rings (SSSR count). The fourth-order valence-corrected chi connectivity index (χ4v) is 3.16. The Morgan fingerprint density at radius 3 is 2.94 bits per heavy atom. The van der Waals surface area contributed by atoms with E-state index in [0.717, 1.165) is 39.0 Å². The van der Waals surface area contributed by atoms with Crippen molar-refractivity contribution in [1.82, 2.24) is 10.2 Å². The predicted octanol–water partition coefficient (Wildman–Crippen LogP) is 2.25. The van der Waals surface area contributed by atoms with Gasteiger partial charge in [-0.2, -0.15) is 11.3 Å². The lowest BCUT2D eigenvalue weighted by molar-refractivity contribution is 0.0820. The van der Waals surface area contributed by atoms with Crippen molar-refractivity contribution >= 4 is 11.3 Å². The van der Waals surface area contributed by atoms with Crippen LogP contribution in [0.15, 0.2) is 16.8 Å². The topological polar surface area (TPSA) is 35.5 Å². The average Bonchev–Trinajstić information content (AvgIpc) is 2.90. The van der Waals surface area contributed by atoms with Gasteiger partial charge in [-0.05, 0) is 61.7 Å². The molecule has 1 aromatic heterocycles. The van der Waals surface area contributed by atoms with Gasteiger partial charge in [0.15, 0.2) is 0 Å². The van der Waals surface area contributed by atoms with Gasteiger partial charge < -0.3 is 15.3 Å². The minimum atomic E-state index is -0.0574. The summed E-state index contributed by atoms with van der Waals surface area (Å²) in [6.45, 7) is 6.55.